The number of amides is 1. The number of carbonyl (C=O) groups is 1. The van der Waals surface area contributed by atoms with Gasteiger partial charge in [-0.3, -0.25) is 4.79 Å². The Hall–Kier alpha value is -3.22. The lowest BCUT2D eigenvalue weighted by Crippen LogP contribution is -2.13. The Morgan fingerprint density at radius 2 is 2.04 bits per heavy atom. The molecule has 0 aliphatic heterocycles. The Bertz CT molecular complexity index is 892. The fourth-order valence-electron chi connectivity index (χ4n) is 2.15. The number of aryl methyl sites for hydroxylation is 1. The summed E-state index contributed by atoms with van der Waals surface area (Å²) in [6.07, 6.45) is 0. The lowest BCUT2D eigenvalue weighted by Gasteiger charge is -2.09. The molecule has 0 fully saturated rings. The summed E-state index contributed by atoms with van der Waals surface area (Å²) in [4.78, 5) is 12.3. The second-order valence-electron chi connectivity index (χ2n) is 5.08. The molecule has 6 nitrogen and oxygen atoms in total. The fourth-order valence-corrected chi connectivity index (χ4v) is 2.15. The van der Waals surface area contributed by atoms with Crippen LogP contribution < -0.4 is 10.1 Å². The zero-order valence-electron chi connectivity index (χ0n) is 13.0. The van der Waals surface area contributed by atoms with Crippen molar-refractivity contribution in [1.29, 1.82) is 0 Å². The Balaban J connectivity index is 1.83. The van der Waals surface area contributed by atoms with Crippen molar-refractivity contribution in [3.63, 3.8) is 0 Å². The van der Waals surface area contributed by atoms with Crippen LogP contribution >= 0.6 is 0 Å². The molecule has 2 aromatic carbocycles. The van der Waals surface area contributed by atoms with E-state index in [1.165, 1.54) is 25.3 Å². The third kappa shape index (κ3) is 3.24. The van der Waals surface area contributed by atoms with Crippen molar-refractivity contribution in [2.75, 3.05) is 12.4 Å². The first kappa shape index (κ1) is 15.7. The fraction of sp³-hybridized carbons (Fsp3) is 0.118. The molecule has 7 heteroatoms. The molecule has 0 aliphatic rings. The Morgan fingerprint density at radius 3 is 2.79 bits per heavy atom. The predicted octanol–water partition coefficient (Wildman–Crippen LogP) is 3.45. The van der Waals surface area contributed by atoms with Crippen LogP contribution in [0.25, 0.3) is 11.5 Å². The number of rotatable bonds is 4. The van der Waals surface area contributed by atoms with Crippen molar-refractivity contribution < 1.29 is 18.3 Å². The minimum atomic E-state index is -0.575. The number of methoxy groups -OCH3 is 1. The van der Waals surface area contributed by atoms with Crippen molar-refractivity contribution in [2.24, 2.45) is 0 Å². The largest absolute Gasteiger partial charge is 0.495 e. The molecule has 1 N–H and O–H groups in total. The molecule has 0 unspecified atom stereocenters. The second-order valence-corrected chi connectivity index (χ2v) is 5.08. The molecule has 0 bridgehead atoms. The van der Waals surface area contributed by atoms with Gasteiger partial charge < -0.3 is 14.5 Å². The molecule has 1 heterocycles. The summed E-state index contributed by atoms with van der Waals surface area (Å²) >= 11 is 0. The van der Waals surface area contributed by atoms with Crippen molar-refractivity contribution in [2.45, 2.75) is 6.92 Å². The minimum absolute atomic E-state index is 0.0656. The summed E-state index contributed by atoms with van der Waals surface area (Å²) in [5.41, 5.74) is 1.85. The first-order chi connectivity index (χ1) is 11.6. The van der Waals surface area contributed by atoms with Crippen LogP contribution in [0.1, 0.15) is 16.2 Å². The highest BCUT2D eigenvalue weighted by Crippen LogP contribution is 2.26. The van der Waals surface area contributed by atoms with Gasteiger partial charge in [-0.05, 0) is 42.8 Å². The number of aromatic nitrogens is 2. The van der Waals surface area contributed by atoms with Crippen LogP contribution in [-0.4, -0.2) is 23.2 Å². The zero-order chi connectivity index (χ0) is 17.1. The van der Waals surface area contributed by atoms with E-state index in [0.29, 0.717) is 17.0 Å². The van der Waals surface area contributed by atoms with Crippen LogP contribution in [0.3, 0.4) is 0 Å². The van der Waals surface area contributed by atoms with Crippen molar-refractivity contribution in [3.05, 3.63) is 59.7 Å². The van der Waals surface area contributed by atoms with Crippen LogP contribution in [0.5, 0.6) is 5.75 Å². The highest BCUT2D eigenvalue weighted by Gasteiger charge is 2.18. The Kier molecular flexibility index (Phi) is 4.24. The van der Waals surface area contributed by atoms with E-state index in [1.807, 2.05) is 13.0 Å². The van der Waals surface area contributed by atoms with Gasteiger partial charge in [0.1, 0.15) is 11.6 Å². The first-order valence-electron chi connectivity index (χ1n) is 7.12. The van der Waals surface area contributed by atoms with E-state index in [9.17, 15) is 9.18 Å². The molecule has 0 saturated heterocycles. The molecule has 24 heavy (non-hydrogen) atoms. The molecule has 0 saturated carbocycles. The maximum absolute atomic E-state index is 13.2. The van der Waals surface area contributed by atoms with Gasteiger partial charge in [-0.15, -0.1) is 10.2 Å². The molecule has 0 spiro atoms. The van der Waals surface area contributed by atoms with Gasteiger partial charge in [-0.25, -0.2) is 4.39 Å². The van der Waals surface area contributed by atoms with E-state index in [-0.39, 0.29) is 11.8 Å². The first-order valence-corrected chi connectivity index (χ1v) is 7.12. The highest BCUT2D eigenvalue weighted by atomic mass is 19.1. The average molecular weight is 327 g/mol. The number of nitrogens with one attached hydrogen (secondary N) is 1. The summed E-state index contributed by atoms with van der Waals surface area (Å²) in [5.74, 6) is -0.650. The summed E-state index contributed by atoms with van der Waals surface area (Å²) < 4.78 is 23.8. The van der Waals surface area contributed by atoms with Gasteiger partial charge in [-0.2, -0.15) is 0 Å². The van der Waals surface area contributed by atoms with Gasteiger partial charge in [-0.1, -0.05) is 12.1 Å². The van der Waals surface area contributed by atoms with Crippen molar-refractivity contribution in [3.8, 4) is 17.2 Å². The number of nitrogens with zero attached hydrogens (tertiary/aromatic N) is 2. The molecular formula is C17H14FN3O3. The van der Waals surface area contributed by atoms with E-state index in [0.717, 1.165) is 5.56 Å². The quantitative estimate of drug-likeness (QED) is 0.794. The third-order valence-corrected chi connectivity index (χ3v) is 3.29. The number of anilines is 1. The third-order valence-electron chi connectivity index (χ3n) is 3.29. The molecule has 122 valence electrons. The van der Waals surface area contributed by atoms with Gasteiger partial charge in [0.15, 0.2) is 0 Å². The zero-order valence-corrected chi connectivity index (χ0v) is 13.0. The van der Waals surface area contributed by atoms with Crippen LogP contribution in [0.2, 0.25) is 0 Å². The van der Waals surface area contributed by atoms with Crippen molar-refractivity contribution >= 4 is 11.6 Å². The molecule has 0 atom stereocenters. The van der Waals surface area contributed by atoms with Crippen LogP contribution in [0.15, 0.2) is 46.9 Å². The lowest BCUT2D eigenvalue weighted by molar-refractivity contribution is 0.0990. The summed E-state index contributed by atoms with van der Waals surface area (Å²) in [7, 11) is 1.51. The smallest absolute Gasteiger partial charge is 0.313 e. The molecule has 3 aromatic rings. The molecule has 3 rings (SSSR count). The number of carbonyl (C=O) groups excluding carboxylic acids is 1. The van der Waals surface area contributed by atoms with Gasteiger partial charge in [0.05, 0.1) is 12.8 Å². The highest BCUT2D eigenvalue weighted by molar-refractivity contribution is 6.01. The van der Waals surface area contributed by atoms with E-state index in [4.69, 9.17) is 9.15 Å². The Morgan fingerprint density at radius 1 is 1.21 bits per heavy atom. The number of halogens is 1. The van der Waals surface area contributed by atoms with Crippen LogP contribution in [0.4, 0.5) is 10.1 Å². The predicted molar refractivity (Wildman–Crippen MR) is 85.4 cm³/mol. The lowest BCUT2D eigenvalue weighted by atomic mass is 10.2. The van der Waals surface area contributed by atoms with E-state index < -0.39 is 11.7 Å². The average Bonchev–Trinajstić information content (AvgIpc) is 3.05. The number of benzene rings is 2. The number of hydrogen-bond donors (Lipinski definition) is 1. The van der Waals surface area contributed by atoms with Gasteiger partial charge >= 0.3 is 11.8 Å². The maximum atomic E-state index is 13.2. The summed E-state index contributed by atoms with van der Waals surface area (Å²) in [5, 5.41) is 10.1. The summed E-state index contributed by atoms with van der Waals surface area (Å²) in [6, 6.07) is 11.1. The van der Waals surface area contributed by atoms with E-state index >= 15 is 0 Å². The minimum Gasteiger partial charge on any atom is -0.495 e. The normalized spacial score (nSPS) is 10.5. The molecule has 0 radical (unpaired) electrons. The van der Waals surface area contributed by atoms with Crippen LogP contribution in [0, 0.1) is 12.7 Å². The van der Waals surface area contributed by atoms with E-state index in [1.54, 1.807) is 18.2 Å². The molecule has 0 aliphatic carbocycles. The van der Waals surface area contributed by atoms with E-state index in [2.05, 4.69) is 15.5 Å². The van der Waals surface area contributed by atoms with Gasteiger partial charge in [0.2, 0.25) is 5.89 Å². The van der Waals surface area contributed by atoms with Crippen molar-refractivity contribution in [1.82, 2.24) is 10.2 Å². The number of hydrogen-bond acceptors (Lipinski definition) is 5. The molecular weight excluding hydrogens is 313 g/mol. The molecule has 1 aromatic heterocycles. The van der Waals surface area contributed by atoms with Gasteiger partial charge in [0, 0.05) is 5.56 Å². The molecule has 1 amide bonds. The van der Waals surface area contributed by atoms with Gasteiger partial charge in [0.25, 0.3) is 0 Å². The SMILES string of the molecule is COc1ccc(C)cc1NC(=O)c1nnc(-c2cccc(F)c2)o1. The topological polar surface area (TPSA) is 77.2 Å². The standard InChI is InChI=1S/C17H14FN3O3/c1-10-6-7-14(23-2)13(8-10)19-15(22)17-21-20-16(24-17)11-4-3-5-12(18)9-11/h3-9H,1-2H3,(H,19,22). The summed E-state index contributed by atoms with van der Waals surface area (Å²) in [6.45, 7) is 1.89. The second kappa shape index (κ2) is 6.49. The maximum Gasteiger partial charge on any atom is 0.313 e. The van der Waals surface area contributed by atoms with Crippen LogP contribution in [-0.2, 0) is 0 Å². The Labute approximate surface area is 137 Å². The number of ether oxygens (including phenoxy) is 1. The monoisotopic (exact) mass is 327 g/mol.